The van der Waals surface area contributed by atoms with Crippen LogP contribution in [-0.2, 0) is 9.59 Å². The normalized spacial score (nSPS) is 11.5. The number of nitrogens with zero attached hydrogens (tertiary/aromatic N) is 1. The molecule has 7 heteroatoms. The van der Waals surface area contributed by atoms with Crippen LogP contribution >= 0.6 is 0 Å². The summed E-state index contributed by atoms with van der Waals surface area (Å²) in [6.07, 6.45) is 3.22. The van der Waals surface area contributed by atoms with Crippen molar-refractivity contribution >= 4 is 17.5 Å². The van der Waals surface area contributed by atoms with E-state index in [0.29, 0.717) is 11.4 Å². The lowest BCUT2D eigenvalue weighted by molar-refractivity contribution is -0.120. The average Bonchev–Trinajstić information content (AvgIpc) is 2.99. The van der Waals surface area contributed by atoms with Crippen molar-refractivity contribution in [1.29, 1.82) is 0 Å². The van der Waals surface area contributed by atoms with Gasteiger partial charge >= 0.3 is 0 Å². The predicted molar refractivity (Wildman–Crippen MR) is 81.4 cm³/mol. The predicted octanol–water partition coefficient (Wildman–Crippen LogP) is 1.62. The van der Waals surface area contributed by atoms with E-state index in [0.717, 1.165) is 5.56 Å². The summed E-state index contributed by atoms with van der Waals surface area (Å²) in [7, 11) is 1.58. The van der Waals surface area contributed by atoms with Gasteiger partial charge in [-0.25, -0.2) is 0 Å². The molecule has 0 fully saturated rings. The zero-order valence-electron chi connectivity index (χ0n) is 12.4. The number of aromatic nitrogens is 2. The summed E-state index contributed by atoms with van der Waals surface area (Å²) in [5, 5.41) is 11.9. The third-order valence-electron chi connectivity index (χ3n) is 3.07. The molecule has 1 aromatic heterocycles. The second-order valence-corrected chi connectivity index (χ2v) is 4.77. The molecule has 116 valence electrons. The number of ether oxygens (including phenoxy) is 1. The standard InChI is InChI=1S/C15H18N4O3/c1-10(20)18-14(11-3-5-13(22-2)6-4-11)7-15(21)19-12-8-16-17-9-12/h3-6,8-9,14H,7H2,1-2H3,(H,16,17)(H,18,20)(H,19,21). The molecule has 1 atom stereocenters. The number of hydrogen-bond donors (Lipinski definition) is 3. The SMILES string of the molecule is COc1ccc(C(CC(=O)Nc2cn[nH]c2)NC(C)=O)cc1. The first kappa shape index (κ1) is 15.6. The Bertz CT molecular complexity index is 623. The summed E-state index contributed by atoms with van der Waals surface area (Å²) in [5.74, 6) is 0.307. The number of amides is 2. The third-order valence-corrected chi connectivity index (χ3v) is 3.07. The van der Waals surface area contributed by atoms with Crippen LogP contribution in [-0.4, -0.2) is 29.1 Å². The lowest BCUT2D eigenvalue weighted by Gasteiger charge is -2.18. The number of hydrogen-bond acceptors (Lipinski definition) is 4. The number of benzene rings is 1. The number of aromatic amines is 1. The molecule has 2 aromatic rings. The highest BCUT2D eigenvalue weighted by molar-refractivity contribution is 5.91. The maximum Gasteiger partial charge on any atom is 0.226 e. The molecule has 0 saturated heterocycles. The number of carbonyl (C=O) groups excluding carboxylic acids is 2. The van der Waals surface area contributed by atoms with Gasteiger partial charge in [0, 0.05) is 13.1 Å². The smallest absolute Gasteiger partial charge is 0.226 e. The van der Waals surface area contributed by atoms with Gasteiger partial charge < -0.3 is 15.4 Å². The fourth-order valence-electron chi connectivity index (χ4n) is 2.05. The highest BCUT2D eigenvalue weighted by Crippen LogP contribution is 2.21. The minimum atomic E-state index is -0.407. The minimum Gasteiger partial charge on any atom is -0.497 e. The molecule has 0 aliphatic carbocycles. The van der Waals surface area contributed by atoms with E-state index < -0.39 is 6.04 Å². The summed E-state index contributed by atoms with van der Waals surface area (Å²) < 4.78 is 5.10. The van der Waals surface area contributed by atoms with Crippen LogP contribution < -0.4 is 15.4 Å². The highest BCUT2D eigenvalue weighted by Gasteiger charge is 2.17. The van der Waals surface area contributed by atoms with Crippen molar-refractivity contribution in [3.63, 3.8) is 0 Å². The quantitative estimate of drug-likeness (QED) is 0.755. The topological polar surface area (TPSA) is 96.1 Å². The Balaban J connectivity index is 2.07. The van der Waals surface area contributed by atoms with Crippen molar-refractivity contribution in [3.8, 4) is 5.75 Å². The first-order valence-corrected chi connectivity index (χ1v) is 6.78. The lowest BCUT2D eigenvalue weighted by Crippen LogP contribution is -2.29. The maximum atomic E-state index is 12.1. The van der Waals surface area contributed by atoms with E-state index >= 15 is 0 Å². The van der Waals surface area contributed by atoms with E-state index in [9.17, 15) is 9.59 Å². The van der Waals surface area contributed by atoms with Gasteiger partial charge in [0.15, 0.2) is 0 Å². The molecule has 0 spiro atoms. The zero-order chi connectivity index (χ0) is 15.9. The molecule has 2 amide bonds. The van der Waals surface area contributed by atoms with Gasteiger partial charge in [0.25, 0.3) is 0 Å². The number of H-pyrrole nitrogens is 1. The van der Waals surface area contributed by atoms with Gasteiger partial charge in [-0.15, -0.1) is 0 Å². The van der Waals surface area contributed by atoms with Gasteiger partial charge in [0.2, 0.25) is 11.8 Å². The first-order valence-electron chi connectivity index (χ1n) is 6.78. The van der Waals surface area contributed by atoms with Crippen LogP contribution in [0.5, 0.6) is 5.75 Å². The summed E-state index contributed by atoms with van der Waals surface area (Å²) in [6.45, 7) is 1.42. The first-order chi connectivity index (χ1) is 10.6. The van der Waals surface area contributed by atoms with Gasteiger partial charge in [0.05, 0.1) is 31.5 Å². The van der Waals surface area contributed by atoms with Crippen LogP contribution in [0.1, 0.15) is 24.9 Å². The molecule has 7 nitrogen and oxygen atoms in total. The summed E-state index contributed by atoms with van der Waals surface area (Å²) in [5.41, 5.74) is 1.42. The van der Waals surface area contributed by atoms with Gasteiger partial charge in [-0.3, -0.25) is 14.7 Å². The third kappa shape index (κ3) is 4.34. The molecule has 1 unspecified atom stereocenters. The molecule has 0 saturated carbocycles. The van der Waals surface area contributed by atoms with Gasteiger partial charge in [-0.2, -0.15) is 5.10 Å². The van der Waals surface area contributed by atoms with Crippen molar-refractivity contribution in [2.45, 2.75) is 19.4 Å². The van der Waals surface area contributed by atoms with Crippen LogP contribution in [0.2, 0.25) is 0 Å². The number of carbonyl (C=O) groups is 2. The van der Waals surface area contributed by atoms with Gasteiger partial charge in [-0.1, -0.05) is 12.1 Å². The fraction of sp³-hybridized carbons (Fsp3) is 0.267. The molecule has 0 bridgehead atoms. The van der Waals surface area contributed by atoms with E-state index in [4.69, 9.17) is 4.74 Å². The lowest BCUT2D eigenvalue weighted by atomic mass is 10.0. The molecule has 1 heterocycles. The van der Waals surface area contributed by atoms with E-state index in [1.165, 1.54) is 13.1 Å². The van der Waals surface area contributed by atoms with Gasteiger partial charge in [0.1, 0.15) is 5.75 Å². The van der Waals surface area contributed by atoms with Crippen molar-refractivity contribution in [1.82, 2.24) is 15.5 Å². The number of rotatable bonds is 6. The van der Waals surface area contributed by atoms with Crippen molar-refractivity contribution in [3.05, 3.63) is 42.2 Å². The molecule has 0 aliphatic rings. The molecule has 2 rings (SSSR count). The zero-order valence-corrected chi connectivity index (χ0v) is 12.4. The Hall–Kier alpha value is -2.83. The van der Waals surface area contributed by atoms with Crippen molar-refractivity contribution < 1.29 is 14.3 Å². The second kappa shape index (κ2) is 7.26. The van der Waals surface area contributed by atoms with Crippen LogP contribution in [0, 0.1) is 0 Å². The minimum absolute atomic E-state index is 0.122. The Morgan fingerprint density at radius 3 is 2.59 bits per heavy atom. The van der Waals surface area contributed by atoms with Crippen molar-refractivity contribution in [2.75, 3.05) is 12.4 Å². The van der Waals surface area contributed by atoms with E-state index in [-0.39, 0.29) is 18.2 Å². The van der Waals surface area contributed by atoms with Crippen LogP contribution in [0.25, 0.3) is 0 Å². The summed E-state index contributed by atoms with van der Waals surface area (Å²) in [4.78, 5) is 23.4. The Morgan fingerprint density at radius 1 is 1.32 bits per heavy atom. The maximum absolute atomic E-state index is 12.1. The Labute approximate surface area is 128 Å². The van der Waals surface area contributed by atoms with Gasteiger partial charge in [-0.05, 0) is 17.7 Å². The molecular formula is C15H18N4O3. The molecule has 3 N–H and O–H groups in total. The Kier molecular flexibility index (Phi) is 5.13. The van der Waals surface area contributed by atoms with Crippen LogP contribution in [0.15, 0.2) is 36.7 Å². The largest absolute Gasteiger partial charge is 0.497 e. The summed E-state index contributed by atoms with van der Waals surface area (Å²) in [6, 6.07) is 6.82. The van der Waals surface area contributed by atoms with Crippen molar-refractivity contribution in [2.24, 2.45) is 0 Å². The molecular weight excluding hydrogens is 284 g/mol. The summed E-state index contributed by atoms with van der Waals surface area (Å²) >= 11 is 0. The molecule has 22 heavy (non-hydrogen) atoms. The number of nitrogens with one attached hydrogen (secondary N) is 3. The van der Waals surface area contributed by atoms with E-state index in [1.807, 2.05) is 12.1 Å². The highest BCUT2D eigenvalue weighted by atomic mass is 16.5. The number of anilines is 1. The average molecular weight is 302 g/mol. The Morgan fingerprint density at radius 2 is 2.05 bits per heavy atom. The fourth-order valence-corrected chi connectivity index (χ4v) is 2.05. The second-order valence-electron chi connectivity index (χ2n) is 4.77. The number of methoxy groups -OCH3 is 1. The van der Waals surface area contributed by atoms with Crippen LogP contribution in [0.3, 0.4) is 0 Å². The van der Waals surface area contributed by atoms with Crippen LogP contribution in [0.4, 0.5) is 5.69 Å². The monoisotopic (exact) mass is 302 g/mol. The van der Waals surface area contributed by atoms with E-state index in [1.54, 1.807) is 25.4 Å². The molecule has 1 aromatic carbocycles. The van der Waals surface area contributed by atoms with E-state index in [2.05, 4.69) is 20.8 Å². The molecule has 0 radical (unpaired) electrons. The molecule has 0 aliphatic heterocycles.